The van der Waals surface area contributed by atoms with Crippen LogP contribution in [0.25, 0.3) is 0 Å². The van der Waals surface area contributed by atoms with Gasteiger partial charge in [-0.1, -0.05) is 6.07 Å². The van der Waals surface area contributed by atoms with Crippen molar-refractivity contribution in [1.29, 1.82) is 0 Å². The molecule has 1 heterocycles. The fourth-order valence-electron chi connectivity index (χ4n) is 0.897. The van der Waals surface area contributed by atoms with Gasteiger partial charge in [0, 0.05) is 6.61 Å². The Kier molecular flexibility index (Phi) is 4.41. The normalized spacial score (nSPS) is 12.1. The predicted octanol–water partition coefficient (Wildman–Crippen LogP) is 0.359. The number of aliphatic hydroxyl groups excluding tert-OH is 1. The summed E-state index contributed by atoms with van der Waals surface area (Å²) in [5.74, 6) is -1.55. The highest BCUT2D eigenvalue weighted by molar-refractivity contribution is 7.13. The maximum Gasteiger partial charge on any atom is 0.297 e. The molecule has 0 saturated carbocycles. The minimum Gasteiger partial charge on any atom is -0.351 e. The van der Waals surface area contributed by atoms with Gasteiger partial charge in [-0.05, 0) is 18.4 Å². The minimum atomic E-state index is -1.44. The van der Waals surface area contributed by atoms with Gasteiger partial charge in [-0.3, -0.25) is 9.59 Å². The van der Waals surface area contributed by atoms with E-state index in [1.165, 1.54) is 11.3 Å². The number of Topliss-reactive ketones (excluding diaryl/α,β-unsaturated/α-hetero) is 1. The summed E-state index contributed by atoms with van der Waals surface area (Å²) in [6, 6.07) is 3.21. The van der Waals surface area contributed by atoms with Crippen LogP contribution in [0, 0.1) is 0 Å². The molecule has 0 radical (unpaired) electrons. The first-order valence-corrected chi connectivity index (χ1v) is 5.21. The molecule has 1 aromatic rings. The van der Waals surface area contributed by atoms with E-state index in [1.807, 2.05) is 5.32 Å². The molecule has 2 N–H and O–H groups in total. The second kappa shape index (κ2) is 5.59. The smallest absolute Gasteiger partial charge is 0.297 e. The number of aliphatic hydroxyl groups is 1. The summed E-state index contributed by atoms with van der Waals surface area (Å²) in [5, 5.41) is 12.8. The third-order valence-corrected chi connectivity index (χ3v) is 2.40. The average molecular weight is 229 g/mol. The van der Waals surface area contributed by atoms with Crippen LogP contribution < -0.4 is 5.32 Å². The Morgan fingerprint density at radius 3 is 2.93 bits per heavy atom. The Morgan fingerprint density at radius 1 is 1.67 bits per heavy atom. The second-order valence-electron chi connectivity index (χ2n) is 2.59. The van der Waals surface area contributed by atoms with Crippen molar-refractivity contribution >= 4 is 23.0 Å². The van der Waals surface area contributed by atoms with Crippen LogP contribution in [0.3, 0.4) is 0 Å². The lowest BCUT2D eigenvalue weighted by Crippen LogP contribution is -2.40. The molecule has 0 bridgehead atoms. The molecule has 0 aliphatic carbocycles. The van der Waals surface area contributed by atoms with Gasteiger partial charge in [-0.2, -0.15) is 0 Å². The van der Waals surface area contributed by atoms with E-state index >= 15 is 0 Å². The Balaban J connectivity index is 2.51. The second-order valence-corrected chi connectivity index (χ2v) is 3.54. The minimum absolute atomic E-state index is 0.245. The Morgan fingerprint density at radius 2 is 2.40 bits per heavy atom. The molecule has 1 aromatic heterocycles. The van der Waals surface area contributed by atoms with Crippen molar-refractivity contribution in [2.75, 3.05) is 6.61 Å². The van der Waals surface area contributed by atoms with E-state index in [1.54, 1.807) is 24.4 Å². The molecule has 1 atom stereocenters. The highest BCUT2D eigenvalue weighted by Gasteiger charge is 2.19. The van der Waals surface area contributed by atoms with Gasteiger partial charge in [0.15, 0.2) is 0 Å². The molecule has 0 spiro atoms. The van der Waals surface area contributed by atoms with Crippen molar-refractivity contribution in [3.63, 3.8) is 0 Å². The molecule has 0 aliphatic heterocycles. The number of hydrogen-bond donors (Lipinski definition) is 2. The molecule has 0 aromatic carbocycles. The number of thiophene rings is 1. The van der Waals surface area contributed by atoms with Crippen LogP contribution in [0.1, 0.15) is 16.6 Å². The van der Waals surface area contributed by atoms with Gasteiger partial charge in [-0.15, -0.1) is 11.3 Å². The van der Waals surface area contributed by atoms with E-state index in [9.17, 15) is 9.59 Å². The number of nitrogens with one attached hydrogen (secondary N) is 1. The highest BCUT2D eigenvalue weighted by atomic mass is 32.1. The highest BCUT2D eigenvalue weighted by Crippen LogP contribution is 2.09. The summed E-state index contributed by atoms with van der Waals surface area (Å²) in [6.07, 6.45) is -1.44. The molecule has 15 heavy (non-hydrogen) atoms. The standard InChI is InChI=1S/C9H11NO4S/c1-2-14-9(13)10-8(12)7(11)6-4-3-5-15-6/h3-5,9,13H,2H2,1H3,(H,10,12). The number of ether oxygens (including phenoxy) is 1. The topological polar surface area (TPSA) is 75.6 Å². The zero-order valence-electron chi connectivity index (χ0n) is 8.10. The number of carbonyl (C=O) groups is 2. The SMILES string of the molecule is CCOC(O)NC(=O)C(=O)c1cccs1. The number of ketones is 1. The van der Waals surface area contributed by atoms with Gasteiger partial charge in [0.25, 0.3) is 11.7 Å². The third kappa shape index (κ3) is 3.43. The molecule has 1 unspecified atom stereocenters. The van der Waals surface area contributed by atoms with E-state index in [0.717, 1.165) is 0 Å². The number of rotatable bonds is 5. The van der Waals surface area contributed by atoms with Crippen LogP contribution in [0.15, 0.2) is 17.5 Å². The quantitative estimate of drug-likeness (QED) is 0.434. The molecular weight excluding hydrogens is 218 g/mol. The van der Waals surface area contributed by atoms with E-state index in [0.29, 0.717) is 4.88 Å². The van der Waals surface area contributed by atoms with Gasteiger partial charge in [0.05, 0.1) is 4.88 Å². The van der Waals surface area contributed by atoms with E-state index in [-0.39, 0.29) is 6.61 Å². The molecule has 0 aliphatic rings. The predicted molar refractivity (Wildman–Crippen MR) is 54.4 cm³/mol. The summed E-state index contributed by atoms with van der Waals surface area (Å²) >= 11 is 1.17. The van der Waals surface area contributed by atoms with E-state index in [4.69, 9.17) is 5.11 Å². The van der Waals surface area contributed by atoms with Crippen LogP contribution in [-0.4, -0.2) is 29.8 Å². The van der Waals surface area contributed by atoms with Crippen molar-refractivity contribution < 1.29 is 19.4 Å². The third-order valence-electron chi connectivity index (χ3n) is 1.53. The summed E-state index contributed by atoms with van der Waals surface area (Å²) in [5.41, 5.74) is 0. The summed E-state index contributed by atoms with van der Waals surface area (Å²) in [6.45, 7) is 1.91. The molecular formula is C9H11NO4S. The first-order chi connectivity index (χ1) is 7.15. The first-order valence-electron chi connectivity index (χ1n) is 4.33. The summed E-state index contributed by atoms with van der Waals surface area (Å²) < 4.78 is 4.65. The maximum absolute atomic E-state index is 11.4. The Hall–Kier alpha value is -1.24. The van der Waals surface area contributed by atoms with Crippen molar-refractivity contribution in [1.82, 2.24) is 5.32 Å². The summed E-state index contributed by atoms with van der Waals surface area (Å²) in [7, 11) is 0. The van der Waals surface area contributed by atoms with Crippen LogP contribution >= 0.6 is 11.3 Å². The van der Waals surface area contributed by atoms with E-state index in [2.05, 4.69) is 4.74 Å². The number of amides is 1. The van der Waals surface area contributed by atoms with Crippen molar-refractivity contribution in [2.24, 2.45) is 0 Å². The zero-order valence-corrected chi connectivity index (χ0v) is 8.91. The van der Waals surface area contributed by atoms with Gasteiger partial charge in [-0.25, -0.2) is 0 Å². The van der Waals surface area contributed by atoms with Crippen LogP contribution in [0.2, 0.25) is 0 Å². The van der Waals surface area contributed by atoms with Gasteiger partial charge in [0.2, 0.25) is 6.41 Å². The molecule has 0 fully saturated rings. The Bertz CT molecular complexity index is 336. The monoisotopic (exact) mass is 229 g/mol. The number of carbonyl (C=O) groups excluding carboxylic acids is 2. The largest absolute Gasteiger partial charge is 0.351 e. The average Bonchev–Trinajstić information content (AvgIpc) is 2.69. The van der Waals surface area contributed by atoms with Gasteiger partial charge < -0.3 is 15.2 Å². The van der Waals surface area contributed by atoms with Gasteiger partial charge >= 0.3 is 0 Å². The molecule has 6 heteroatoms. The zero-order chi connectivity index (χ0) is 11.3. The molecule has 0 saturated heterocycles. The van der Waals surface area contributed by atoms with Crippen LogP contribution in [0.4, 0.5) is 0 Å². The fourth-order valence-corrected chi connectivity index (χ4v) is 1.56. The van der Waals surface area contributed by atoms with Crippen LogP contribution in [0.5, 0.6) is 0 Å². The number of hydrogen-bond acceptors (Lipinski definition) is 5. The lowest BCUT2D eigenvalue weighted by atomic mass is 10.3. The van der Waals surface area contributed by atoms with E-state index < -0.39 is 18.1 Å². The first kappa shape index (κ1) is 11.8. The molecule has 1 rings (SSSR count). The molecule has 1 amide bonds. The fraction of sp³-hybridized carbons (Fsp3) is 0.333. The van der Waals surface area contributed by atoms with Gasteiger partial charge in [0.1, 0.15) is 0 Å². The lowest BCUT2D eigenvalue weighted by Gasteiger charge is -2.10. The maximum atomic E-state index is 11.4. The van der Waals surface area contributed by atoms with Crippen molar-refractivity contribution in [2.45, 2.75) is 13.3 Å². The lowest BCUT2D eigenvalue weighted by molar-refractivity contribution is -0.141. The van der Waals surface area contributed by atoms with Crippen LogP contribution in [-0.2, 0) is 9.53 Å². The van der Waals surface area contributed by atoms with Crippen molar-refractivity contribution in [3.8, 4) is 0 Å². The van der Waals surface area contributed by atoms with Crippen molar-refractivity contribution in [3.05, 3.63) is 22.4 Å². The molecule has 82 valence electrons. The summed E-state index contributed by atoms with van der Waals surface area (Å²) in [4.78, 5) is 22.9. The Labute approximate surface area is 90.7 Å². The molecule has 5 nitrogen and oxygen atoms in total.